The van der Waals surface area contributed by atoms with Gasteiger partial charge in [-0.1, -0.05) is 0 Å². The summed E-state index contributed by atoms with van der Waals surface area (Å²) in [4.78, 5) is 4.90. The van der Waals surface area contributed by atoms with Crippen molar-refractivity contribution in [3.05, 3.63) is 17.5 Å². The van der Waals surface area contributed by atoms with Gasteiger partial charge in [0, 0.05) is 51.0 Å². The van der Waals surface area contributed by atoms with Crippen molar-refractivity contribution in [3.63, 3.8) is 0 Å². The lowest BCUT2D eigenvalue weighted by atomic mass is 10.0. The summed E-state index contributed by atoms with van der Waals surface area (Å²) in [5.41, 5.74) is 8.39. The maximum Gasteiger partial charge on any atom is 0.0641 e. The Labute approximate surface area is 110 Å². The van der Waals surface area contributed by atoms with Crippen molar-refractivity contribution < 1.29 is 0 Å². The third kappa shape index (κ3) is 2.58. The number of rotatable bonds is 3. The highest BCUT2D eigenvalue weighted by Gasteiger charge is 2.29. The van der Waals surface area contributed by atoms with Crippen molar-refractivity contribution in [2.45, 2.75) is 25.9 Å². The van der Waals surface area contributed by atoms with E-state index < -0.39 is 0 Å². The Hall–Kier alpha value is -0.910. The predicted molar refractivity (Wildman–Crippen MR) is 73.4 cm³/mol. The molecule has 1 aliphatic rings. The van der Waals surface area contributed by atoms with E-state index in [9.17, 15) is 0 Å². The second kappa shape index (κ2) is 5.38. The summed E-state index contributed by atoms with van der Waals surface area (Å²) in [5.74, 6) is 0. The van der Waals surface area contributed by atoms with E-state index in [1.807, 2.05) is 11.7 Å². The zero-order chi connectivity index (χ0) is 13.3. The Bertz CT molecular complexity index is 400. The summed E-state index contributed by atoms with van der Waals surface area (Å²) in [6.07, 6.45) is 2.11. The molecule has 0 aromatic carbocycles. The number of likely N-dealkylation sites (N-methyl/N-ethyl adjacent to an activating group) is 1. The van der Waals surface area contributed by atoms with E-state index >= 15 is 0 Å². The number of nitrogens with zero attached hydrogens (tertiary/aromatic N) is 4. The molecule has 1 aliphatic heterocycles. The summed E-state index contributed by atoms with van der Waals surface area (Å²) in [6, 6.07) is 0.833. The minimum Gasteiger partial charge on any atom is -0.329 e. The molecule has 0 amide bonds. The van der Waals surface area contributed by atoms with Crippen LogP contribution in [0.5, 0.6) is 0 Å². The molecule has 2 heterocycles. The maximum absolute atomic E-state index is 6.02. The Morgan fingerprint density at radius 1 is 1.44 bits per heavy atom. The Balaban J connectivity index is 2.20. The lowest BCUT2D eigenvalue weighted by Crippen LogP contribution is -2.52. The van der Waals surface area contributed by atoms with Crippen LogP contribution < -0.4 is 5.73 Å². The van der Waals surface area contributed by atoms with Gasteiger partial charge in [0.2, 0.25) is 0 Å². The van der Waals surface area contributed by atoms with Crippen LogP contribution in [0.2, 0.25) is 0 Å². The highest BCUT2D eigenvalue weighted by Crippen LogP contribution is 2.26. The molecule has 1 aromatic heterocycles. The molecule has 1 fully saturated rings. The monoisotopic (exact) mass is 251 g/mol. The fourth-order valence-electron chi connectivity index (χ4n) is 3.00. The summed E-state index contributed by atoms with van der Waals surface area (Å²) in [6.45, 7) is 8.30. The van der Waals surface area contributed by atoms with Gasteiger partial charge in [-0.2, -0.15) is 5.10 Å². The van der Waals surface area contributed by atoms with Crippen molar-refractivity contribution in [2.75, 3.05) is 33.2 Å². The van der Waals surface area contributed by atoms with Gasteiger partial charge in [-0.05, 0) is 20.9 Å². The molecule has 2 atom stereocenters. The Morgan fingerprint density at radius 3 is 2.67 bits per heavy atom. The second-order valence-electron chi connectivity index (χ2n) is 5.44. The van der Waals surface area contributed by atoms with Crippen LogP contribution in [0.4, 0.5) is 0 Å². The first kappa shape index (κ1) is 13.5. The lowest BCUT2D eigenvalue weighted by molar-refractivity contribution is 0.0633. The van der Waals surface area contributed by atoms with E-state index in [4.69, 9.17) is 5.73 Å². The average Bonchev–Trinajstić information content (AvgIpc) is 2.62. The van der Waals surface area contributed by atoms with Gasteiger partial charge in [0.1, 0.15) is 0 Å². The van der Waals surface area contributed by atoms with Gasteiger partial charge in [0.05, 0.1) is 11.7 Å². The molecule has 2 unspecified atom stereocenters. The lowest BCUT2D eigenvalue weighted by Gasteiger charge is -2.42. The van der Waals surface area contributed by atoms with Crippen LogP contribution in [0.1, 0.15) is 24.2 Å². The largest absolute Gasteiger partial charge is 0.329 e. The standard InChI is InChI=1S/C13H25N5/c1-10-8-16(3)5-6-18(10)13(7-14)12-9-17(4)15-11(12)2/h9-10,13H,5-8,14H2,1-4H3. The first-order valence-electron chi connectivity index (χ1n) is 6.67. The summed E-state index contributed by atoms with van der Waals surface area (Å²) in [7, 11) is 4.15. The highest BCUT2D eigenvalue weighted by atomic mass is 15.3. The molecule has 0 spiro atoms. The van der Waals surface area contributed by atoms with Crippen LogP contribution in [0.15, 0.2) is 6.20 Å². The van der Waals surface area contributed by atoms with Crippen molar-refractivity contribution in [3.8, 4) is 0 Å². The van der Waals surface area contributed by atoms with Crippen LogP contribution in [-0.4, -0.2) is 58.8 Å². The molecule has 1 saturated heterocycles. The summed E-state index contributed by atoms with van der Waals surface area (Å²) >= 11 is 0. The molecular formula is C13H25N5. The minimum atomic E-state index is 0.294. The van der Waals surface area contributed by atoms with Crippen LogP contribution in [0, 0.1) is 6.92 Å². The smallest absolute Gasteiger partial charge is 0.0641 e. The number of hydrogen-bond donors (Lipinski definition) is 1. The predicted octanol–water partition coefficient (Wildman–Crippen LogP) is 0.364. The molecule has 2 rings (SSSR count). The molecule has 5 heteroatoms. The van der Waals surface area contributed by atoms with E-state index in [1.165, 1.54) is 5.56 Å². The normalized spacial score (nSPS) is 24.4. The van der Waals surface area contributed by atoms with Crippen LogP contribution in [0.3, 0.4) is 0 Å². The summed E-state index contributed by atoms with van der Waals surface area (Å²) in [5, 5.41) is 4.44. The van der Waals surface area contributed by atoms with Gasteiger partial charge in [0.15, 0.2) is 0 Å². The Morgan fingerprint density at radius 2 is 2.17 bits per heavy atom. The number of piperazine rings is 1. The number of nitrogens with two attached hydrogens (primary N) is 1. The summed E-state index contributed by atoms with van der Waals surface area (Å²) < 4.78 is 1.88. The first-order valence-corrected chi connectivity index (χ1v) is 6.67. The molecule has 0 radical (unpaired) electrons. The van der Waals surface area contributed by atoms with Gasteiger partial charge in [-0.3, -0.25) is 9.58 Å². The molecule has 1 aromatic rings. The first-order chi connectivity index (χ1) is 8.52. The zero-order valence-corrected chi connectivity index (χ0v) is 11.9. The minimum absolute atomic E-state index is 0.294. The molecule has 102 valence electrons. The number of hydrogen-bond acceptors (Lipinski definition) is 4. The fraction of sp³-hybridized carbons (Fsp3) is 0.769. The van der Waals surface area contributed by atoms with Crippen LogP contribution in [-0.2, 0) is 7.05 Å². The molecule has 0 aliphatic carbocycles. The van der Waals surface area contributed by atoms with Crippen molar-refractivity contribution >= 4 is 0 Å². The van der Waals surface area contributed by atoms with Crippen LogP contribution >= 0.6 is 0 Å². The quantitative estimate of drug-likeness (QED) is 0.843. The van der Waals surface area contributed by atoms with E-state index in [0.29, 0.717) is 18.6 Å². The number of aryl methyl sites for hydroxylation is 2. The van der Waals surface area contributed by atoms with Crippen LogP contribution in [0.25, 0.3) is 0 Å². The molecule has 18 heavy (non-hydrogen) atoms. The second-order valence-corrected chi connectivity index (χ2v) is 5.44. The third-order valence-electron chi connectivity index (χ3n) is 3.92. The topological polar surface area (TPSA) is 50.3 Å². The van der Waals surface area contributed by atoms with E-state index in [2.05, 4.69) is 42.0 Å². The van der Waals surface area contributed by atoms with E-state index in [0.717, 1.165) is 25.3 Å². The number of aromatic nitrogens is 2. The van der Waals surface area contributed by atoms with Gasteiger partial charge in [0.25, 0.3) is 0 Å². The SMILES string of the molecule is Cc1nn(C)cc1C(CN)N1CCN(C)CC1C. The highest BCUT2D eigenvalue weighted by molar-refractivity contribution is 5.21. The van der Waals surface area contributed by atoms with Crippen molar-refractivity contribution in [1.29, 1.82) is 0 Å². The van der Waals surface area contributed by atoms with Gasteiger partial charge >= 0.3 is 0 Å². The van der Waals surface area contributed by atoms with Gasteiger partial charge < -0.3 is 10.6 Å². The van der Waals surface area contributed by atoms with Crippen molar-refractivity contribution in [2.24, 2.45) is 12.8 Å². The van der Waals surface area contributed by atoms with Gasteiger partial charge in [-0.15, -0.1) is 0 Å². The zero-order valence-electron chi connectivity index (χ0n) is 11.9. The Kier molecular flexibility index (Phi) is 4.04. The van der Waals surface area contributed by atoms with Crippen molar-refractivity contribution in [1.82, 2.24) is 19.6 Å². The third-order valence-corrected chi connectivity index (χ3v) is 3.92. The molecule has 5 nitrogen and oxygen atoms in total. The molecule has 2 N–H and O–H groups in total. The molecular weight excluding hydrogens is 226 g/mol. The average molecular weight is 251 g/mol. The van der Waals surface area contributed by atoms with Gasteiger partial charge in [-0.25, -0.2) is 0 Å². The maximum atomic E-state index is 6.02. The molecule has 0 bridgehead atoms. The van der Waals surface area contributed by atoms with E-state index in [-0.39, 0.29) is 0 Å². The van der Waals surface area contributed by atoms with E-state index in [1.54, 1.807) is 0 Å². The molecule has 0 saturated carbocycles. The fourth-order valence-corrected chi connectivity index (χ4v) is 3.00.